The number of Topliss-reactive ketones (excluding diaryl/α,β-unsaturated/α-hetero) is 1. The van der Waals surface area contributed by atoms with E-state index in [-0.39, 0.29) is 17.6 Å². The van der Waals surface area contributed by atoms with Gasteiger partial charge in [-0.15, -0.1) is 0 Å². The Balaban J connectivity index is 0.000000622. The van der Waals surface area contributed by atoms with E-state index in [1.165, 1.54) is 51.7 Å². The molecule has 1 atom stereocenters. The first kappa shape index (κ1) is 29.7. The highest BCUT2D eigenvalue weighted by Crippen LogP contribution is 2.24. The van der Waals surface area contributed by atoms with Crippen LogP contribution in [0.1, 0.15) is 64.5 Å². The van der Waals surface area contributed by atoms with Crippen LogP contribution < -0.4 is 5.73 Å². The second-order valence-corrected chi connectivity index (χ2v) is 7.90. The van der Waals surface area contributed by atoms with E-state index in [1.54, 1.807) is 6.07 Å². The largest absolute Gasteiger partial charge is 0.432 e. The van der Waals surface area contributed by atoms with E-state index < -0.39 is 11.9 Å². The molecule has 0 bridgehead atoms. The smallest absolute Gasteiger partial charge is 0.327 e. The van der Waals surface area contributed by atoms with Crippen molar-refractivity contribution in [1.29, 1.82) is 0 Å². The molecule has 3 nitrogen and oxygen atoms in total. The van der Waals surface area contributed by atoms with Gasteiger partial charge in [0, 0.05) is 12.3 Å². The minimum atomic E-state index is -4.52. The van der Waals surface area contributed by atoms with Crippen LogP contribution in [-0.4, -0.2) is 24.2 Å². The Morgan fingerprint density at radius 3 is 2.22 bits per heavy atom. The van der Waals surface area contributed by atoms with Crippen molar-refractivity contribution >= 4 is 12.0 Å². The summed E-state index contributed by atoms with van der Waals surface area (Å²) in [4.78, 5) is 13.7. The van der Waals surface area contributed by atoms with Gasteiger partial charge >= 0.3 is 6.18 Å². The summed E-state index contributed by atoms with van der Waals surface area (Å²) in [6, 6.07) is 5.13. The maximum atomic E-state index is 13.3. The van der Waals surface area contributed by atoms with Gasteiger partial charge in [-0.2, -0.15) is 13.2 Å². The molecule has 2 N–H and O–H groups in total. The molecule has 0 aliphatic carbocycles. The summed E-state index contributed by atoms with van der Waals surface area (Å²) in [6.45, 7) is 12.0. The van der Waals surface area contributed by atoms with Crippen molar-refractivity contribution in [3.05, 3.63) is 59.1 Å². The van der Waals surface area contributed by atoms with Crippen LogP contribution in [0, 0.1) is 18.7 Å². The predicted molar refractivity (Wildman–Crippen MR) is 124 cm³/mol. The van der Waals surface area contributed by atoms with Crippen LogP contribution in [-0.2, 0) is 11.2 Å². The zero-order valence-corrected chi connectivity index (χ0v) is 19.7. The highest BCUT2D eigenvalue weighted by Gasteiger charge is 2.31. The first-order valence-electron chi connectivity index (χ1n) is 10.8. The van der Waals surface area contributed by atoms with Crippen LogP contribution in [0.25, 0.3) is 0 Å². The van der Waals surface area contributed by atoms with Gasteiger partial charge in [-0.1, -0.05) is 39.3 Å². The average Bonchev–Trinajstić information content (AvgIpc) is 2.70. The molecule has 180 valence electrons. The van der Waals surface area contributed by atoms with Crippen LogP contribution in [0.3, 0.4) is 0 Å². The number of carbonyl (C=O) groups is 1. The lowest BCUT2D eigenvalue weighted by Crippen LogP contribution is -2.32. The molecule has 0 amide bonds. The third-order valence-electron chi connectivity index (χ3n) is 5.13. The number of allylic oxidation sites excluding steroid dienone is 3. The summed E-state index contributed by atoms with van der Waals surface area (Å²) >= 11 is 0. The molecule has 0 heterocycles. The van der Waals surface area contributed by atoms with E-state index in [4.69, 9.17) is 5.73 Å². The molecule has 0 aromatic heterocycles. The van der Waals surface area contributed by atoms with Gasteiger partial charge in [-0.25, -0.2) is 4.39 Å². The van der Waals surface area contributed by atoms with Gasteiger partial charge in [-0.3, -0.25) is 9.79 Å². The fraction of sp³-hybridized carbons (Fsp3) is 0.520. The maximum Gasteiger partial charge on any atom is 0.432 e. The standard InChI is InChI=1S/C16H26FN.C9H10F3NO/c1-4-6-13(7-5-2)16(18)11-14-10-15(17)9-8-12(14)3;1-6(7(2)14)4-5-13-8(3)9(10,11)12/h8-10,13,16H,4-7,11,18H2,1-3H3;4-5H,3H2,1-2H3/b;6-4+,13-5?. The molecular weight excluding hydrogens is 420 g/mol. The molecule has 1 unspecified atom stereocenters. The van der Waals surface area contributed by atoms with Gasteiger partial charge in [-0.05, 0) is 80.9 Å². The topological polar surface area (TPSA) is 55.5 Å². The van der Waals surface area contributed by atoms with Crippen molar-refractivity contribution in [2.45, 2.75) is 78.9 Å². The fourth-order valence-electron chi connectivity index (χ4n) is 3.02. The van der Waals surface area contributed by atoms with Crippen molar-refractivity contribution in [2.75, 3.05) is 0 Å². The van der Waals surface area contributed by atoms with E-state index in [2.05, 4.69) is 25.4 Å². The van der Waals surface area contributed by atoms with E-state index in [1.807, 2.05) is 13.0 Å². The average molecular weight is 457 g/mol. The minimum absolute atomic E-state index is 0.144. The number of aryl methyl sites for hydroxylation is 1. The second-order valence-electron chi connectivity index (χ2n) is 7.90. The Kier molecular flexibility index (Phi) is 13.7. The zero-order valence-electron chi connectivity index (χ0n) is 19.7. The lowest BCUT2D eigenvalue weighted by atomic mass is 9.86. The highest BCUT2D eigenvalue weighted by molar-refractivity contribution is 5.96. The number of hydrogen-bond acceptors (Lipinski definition) is 3. The molecule has 7 heteroatoms. The van der Waals surface area contributed by atoms with Crippen molar-refractivity contribution < 1.29 is 22.4 Å². The minimum Gasteiger partial charge on any atom is -0.327 e. The van der Waals surface area contributed by atoms with E-state index in [0.29, 0.717) is 11.5 Å². The first-order chi connectivity index (χ1) is 14.8. The van der Waals surface area contributed by atoms with Gasteiger partial charge in [0.25, 0.3) is 0 Å². The SMILES string of the molecule is C=C(N=C/C=C(\C)C(C)=O)C(F)(F)F.CCCC(CCC)C(N)Cc1cc(F)ccc1C. The number of ketones is 1. The molecule has 0 saturated carbocycles. The number of hydrogen-bond donors (Lipinski definition) is 1. The summed E-state index contributed by atoms with van der Waals surface area (Å²) in [6.07, 6.45) is 3.06. The maximum absolute atomic E-state index is 13.3. The Labute approximate surface area is 189 Å². The molecule has 1 aromatic carbocycles. The van der Waals surface area contributed by atoms with E-state index in [0.717, 1.165) is 23.8 Å². The molecule has 0 saturated heterocycles. The van der Waals surface area contributed by atoms with Crippen LogP contribution in [0.4, 0.5) is 17.6 Å². The van der Waals surface area contributed by atoms with Crippen LogP contribution in [0.15, 0.2) is 47.1 Å². The molecule has 0 fully saturated rings. The Hall–Kier alpha value is -2.28. The van der Waals surface area contributed by atoms with Crippen molar-refractivity contribution in [3.8, 4) is 0 Å². The van der Waals surface area contributed by atoms with E-state index >= 15 is 0 Å². The van der Waals surface area contributed by atoms with E-state index in [9.17, 15) is 22.4 Å². The lowest BCUT2D eigenvalue weighted by molar-refractivity contribution is -0.113. The summed E-state index contributed by atoms with van der Waals surface area (Å²) in [5.74, 6) is 0.182. The third-order valence-corrected chi connectivity index (χ3v) is 5.13. The van der Waals surface area contributed by atoms with Crippen LogP contribution >= 0.6 is 0 Å². The summed E-state index contributed by atoms with van der Waals surface area (Å²) in [5.41, 5.74) is 7.66. The lowest BCUT2D eigenvalue weighted by Gasteiger charge is -2.24. The molecule has 0 aliphatic heterocycles. The fourth-order valence-corrected chi connectivity index (χ4v) is 3.02. The number of rotatable bonds is 10. The molecule has 0 radical (unpaired) electrons. The summed E-state index contributed by atoms with van der Waals surface area (Å²) in [7, 11) is 0. The second kappa shape index (κ2) is 14.7. The molecule has 0 spiro atoms. The molecular formula is C25H36F4N2O. The monoisotopic (exact) mass is 456 g/mol. The van der Waals surface area contributed by atoms with Gasteiger partial charge in [0.2, 0.25) is 0 Å². The van der Waals surface area contributed by atoms with Gasteiger partial charge in [0.05, 0.1) is 0 Å². The van der Waals surface area contributed by atoms with Gasteiger partial charge in [0.15, 0.2) is 5.78 Å². The molecule has 1 rings (SSSR count). The Morgan fingerprint density at radius 2 is 1.75 bits per heavy atom. The first-order valence-corrected chi connectivity index (χ1v) is 10.8. The van der Waals surface area contributed by atoms with Crippen molar-refractivity contribution in [3.63, 3.8) is 0 Å². The van der Waals surface area contributed by atoms with Crippen molar-refractivity contribution in [1.82, 2.24) is 0 Å². The highest BCUT2D eigenvalue weighted by atomic mass is 19.4. The number of carbonyl (C=O) groups excluding carboxylic acids is 1. The number of halogens is 4. The molecule has 32 heavy (non-hydrogen) atoms. The van der Waals surface area contributed by atoms with Crippen molar-refractivity contribution in [2.24, 2.45) is 16.6 Å². The summed E-state index contributed by atoms with van der Waals surface area (Å²) in [5, 5.41) is 0. The quantitative estimate of drug-likeness (QED) is 0.237. The Bertz CT molecular complexity index is 792. The van der Waals surface area contributed by atoms with Gasteiger partial charge < -0.3 is 5.73 Å². The third kappa shape index (κ3) is 11.9. The van der Waals surface area contributed by atoms with Gasteiger partial charge in [0.1, 0.15) is 11.5 Å². The number of alkyl halides is 3. The molecule has 1 aromatic rings. The molecule has 0 aliphatic rings. The zero-order chi connectivity index (χ0) is 24.9. The van der Waals surface area contributed by atoms with Crippen LogP contribution in [0.2, 0.25) is 0 Å². The predicted octanol–water partition coefficient (Wildman–Crippen LogP) is 6.89. The Morgan fingerprint density at radius 1 is 1.19 bits per heavy atom. The summed E-state index contributed by atoms with van der Waals surface area (Å²) < 4.78 is 48.7. The number of aliphatic imine (C=N–C) groups is 1. The number of nitrogens with two attached hydrogens (primary N) is 1. The normalized spacial score (nSPS) is 13.2. The van der Waals surface area contributed by atoms with Crippen LogP contribution in [0.5, 0.6) is 0 Å². The number of benzene rings is 1. The number of nitrogens with zero attached hydrogens (tertiary/aromatic N) is 1.